The van der Waals surface area contributed by atoms with Crippen molar-refractivity contribution in [3.05, 3.63) is 28.8 Å². The highest BCUT2D eigenvalue weighted by Crippen LogP contribution is 2.35. The molecule has 7 heteroatoms. The average Bonchev–Trinajstić information content (AvgIpc) is 3.16. The number of hydrogen-bond acceptors (Lipinski definition) is 5. The Kier molecular flexibility index (Phi) is 4.32. The van der Waals surface area contributed by atoms with E-state index in [4.69, 9.17) is 21.1 Å². The lowest BCUT2D eigenvalue weighted by Gasteiger charge is -2.39. The molecule has 0 saturated carbocycles. The number of nitrogens with zero attached hydrogens (tertiary/aromatic N) is 2. The summed E-state index contributed by atoms with van der Waals surface area (Å²) in [5.74, 6) is -0.829. The van der Waals surface area contributed by atoms with E-state index in [2.05, 4.69) is 4.90 Å². The number of piperidine rings is 1. The van der Waals surface area contributed by atoms with Gasteiger partial charge in [-0.15, -0.1) is 0 Å². The summed E-state index contributed by atoms with van der Waals surface area (Å²) in [6.07, 6.45) is 1.65. The molecule has 3 aliphatic rings. The molecule has 3 aliphatic heterocycles. The zero-order valence-corrected chi connectivity index (χ0v) is 14.9. The molecule has 25 heavy (non-hydrogen) atoms. The van der Waals surface area contributed by atoms with E-state index in [1.165, 1.54) is 4.90 Å². The molecule has 1 atom stereocenters. The topological polar surface area (TPSA) is 59.1 Å². The van der Waals surface area contributed by atoms with Crippen LogP contribution in [-0.4, -0.2) is 54.8 Å². The molecule has 1 aromatic carbocycles. The summed E-state index contributed by atoms with van der Waals surface area (Å²) in [5.41, 5.74) is 1.46. The number of hydrogen-bond donors (Lipinski definition) is 0. The predicted molar refractivity (Wildman–Crippen MR) is 92.5 cm³/mol. The zero-order chi connectivity index (χ0) is 17.6. The van der Waals surface area contributed by atoms with Gasteiger partial charge in [0.15, 0.2) is 5.79 Å². The summed E-state index contributed by atoms with van der Waals surface area (Å²) in [5, 5.41) is 0.553. The van der Waals surface area contributed by atoms with Gasteiger partial charge in [-0.25, -0.2) is 4.90 Å². The van der Waals surface area contributed by atoms with Gasteiger partial charge < -0.3 is 9.47 Å². The molecule has 3 saturated heterocycles. The lowest BCUT2D eigenvalue weighted by molar-refractivity contribution is -0.188. The van der Waals surface area contributed by atoms with Crippen molar-refractivity contribution in [1.29, 1.82) is 0 Å². The van der Waals surface area contributed by atoms with Gasteiger partial charge in [0.2, 0.25) is 5.91 Å². The second-order valence-corrected chi connectivity index (χ2v) is 7.27. The van der Waals surface area contributed by atoms with Crippen LogP contribution in [0.4, 0.5) is 5.69 Å². The normalized spacial score (nSPS) is 26.8. The molecule has 0 aliphatic carbocycles. The third kappa shape index (κ3) is 2.97. The third-order valence-corrected chi connectivity index (χ3v) is 5.76. The van der Waals surface area contributed by atoms with Gasteiger partial charge in [0.1, 0.15) is 0 Å². The van der Waals surface area contributed by atoms with Crippen molar-refractivity contribution in [3.63, 3.8) is 0 Å². The number of halogens is 1. The molecule has 0 N–H and O–H groups in total. The maximum atomic E-state index is 12.9. The fourth-order valence-corrected chi connectivity index (χ4v) is 4.03. The van der Waals surface area contributed by atoms with Crippen molar-refractivity contribution in [1.82, 2.24) is 4.90 Å². The second-order valence-electron chi connectivity index (χ2n) is 6.86. The molecule has 3 fully saturated rings. The molecule has 0 radical (unpaired) electrons. The van der Waals surface area contributed by atoms with E-state index in [0.29, 0.717) is 37.0 Å². The van der Waals surface area contributed by atoms with Crippen LogP contribution in [0.15, 0.2) is 18.2 Å². The highest BCUT2D eigenvalue weighted by Gasteiger charge is 2.47. The fraction of sp³-hybridized carbons (Fsp3) is 0.556. The quantitative estimate of drug-likeness (QED) is 0.752. The van der Waals surface area contributed by atoms with E-state index in [9.17, 15) is 9.59 Å². The van der Waals surface area contributed by atoms with Gasteiger partial charge >= 0.3 is 0 Å². The molecule has 1 aromatic rings. The average molecular weight is 365 g/mol. The zero-order valence-electron chi connectivity index (χ0n) is 14.2. The maximum Gasteiger partial charge on any atom is 0.251 e. The smallest absolute Gasteiger partial charge is 0.251 e. The van der Waals surface area contributed by atoms with Crippen LogP contribution in [0.2, 0.25) is 5.02 Å². The summed E-state index contributed by atoms with van der Waals surface area (Å²) in [4.78, 5) is 28.7. The van der Waals surface area contributed by atoms with Crippen molar-refractivity contribution >= 4 is 29.1 Å². The Morgan fingerprint density at radius 2 is 1.84 bits per heavy atom. The van der Waals surface area contributed by atoms with Crippen LogP contribution in [0.1, 0.15) is 24.8 Å². The molecule has 6 nitrogen and oxygen atoms in total. The van der Waals surface area contributed by atoms with Crippen LogP contribution in [0.5, 0.6) is 0 Å². The van der Waals surface area contributed by atoms with Crippen LogP contribution in [0, 0.1) is 6.92 Å². The Bertz CT molecular complexity index is 707. The Balaban J connectivity index is 1.48. The summed E-state index contributed by atoms with van der Waals surface area (Å²) in [7, 11) is 0. The van der Waals surface area contributed by atoms with Crippen molar-refractivity contribution in [2.24, 2.45) is 0 Å². The fourth-order valence-electron chi connectivity index (χ4n) is 3.86. The number of likely N-dealkylation sites (tertiary alicyclic amines) is 1. The van der Waals surface area contributed by atoms with E-state index < -0.39 is 11.8 Å². The van der Waals surface area contributed by atoms with Gasteiger partial charge in [-0.05, 0) is 24.6 Å². The SMILES string of the molecule is Cc1ccc(N2C(=O)CC(N3CCC4(CC3)OCCO4)C2=O)cc1Cl. The number of rotatable bonds is 2. The number of carbonyl (C=O) groups excluding carboxylic acids is 2. The van der Waals surface area contributed by atoms with Crippen molar-refractivity contribution in [2.45, 2.75) is 38.0 Å². The summed E-state index contributed by atoms with van der Waals surface area (Å²) >= 11 is 6.15. The van der Waals surface area contributed by atoms with Gasteiger partial charge in [0.05, 0.1) is 31.4 Å². The van der Waals surface area contributed by atoms with E-state index in [-0.39, 0.29) is 18.2 Å². The van der Waals surface area contributed by atoms with E-state index >= 15 is 0 Å². The number of anilines is 1. The monoisotopic (exact) mass is 364 g/mol. The molecule has 0 aromatic heterocycles. The summed E-state index contributed by atoms with van der Waals surface area (Å²) in [6.45, 7) is 4.52. The van der Waals surface area contributed by atoms with Gasteiger partial charge in [-0.2, -0.15) is 0 Å². The second kappa shape index (κ2) is 6.36. The number of ether oxygens (including phenoxy) is 2. The van der Waals surface area contributed by atoms with E-state index in [1.807, 2.05) is 13.0 Å². The Morgan fingerprint density at radius 1 is 1.16 bits per heavy atom. The first-order chi connectivity index (χ1) is 12.0. The number of amides is 2. The number of benzene rings is 1. The molecule has 134 valence electrons. The third-order valence-electron chi connectivity index (χ3n) is 5.35. The molecule has 2 amide bonds. The number of carbonyl (C=O) groups is 2. The summed E-state index contributed by atoms with van der Waals surface area (Å²) < 4.78 is 11.5. The molecule has 4 rings (SSSR count). The Hall–Kier alpha value is -1.47. The minimum Gasteiger partial charge on any atom is -0.347 e. The first kappa shape index (κ1) is 17.0. The Morgan fingerprint density at radius 3 is 2.48 bits per heavy atom. The van der Waals surface area contributed by atoms with Crippen LogP contribution < -0.4 is 4.90 Å². The molecule has 0 bridgehead atoms. The minimum atomic E-state index is -0.480. The van der Waals surface area contributed by atoms with Gasteiger partial charge in [0.25, 0.3) is 5.91 Å². The van der Waals surface area contributed by atoms with Gasteiger partial charge in [-0.1, -0.05) is 17.7 Å². The minimum absolute atomic E-state index is 0.172. The molecular weight excluding hydrogens is 344 g/mol. The van der Waals surface area contributed by atoms with Crippen LogP contribution in [0.3, 0.4) is 0 Å². The van der Waals surface area contributed by atoms with Crippen LogP contribution >= 0.6 is 11.6 Å². The van der Waals surface area contributed by atoms with Crippen LogP contribution in [0.25, 0.3) is 0 Å². The van der Waals surface area contributed by atoms with Crippen molar-refractivity contribution in [2.75, 3.05) is 31.2 Å². The molecule has 1 spiro atoms. The lowest BCUT2D eigenvalue weighted by Crippen LogP contribution is -2.51. The number of imide groups is 1. The van der Waals surface area contributed by atoms with E-state index in [1.54, 1.807) is 12.1 Å². The molecule has 3 heterocycles. The van der Waals surface area contributed by atoms with Crippen molar-refractivity contribution < 1.29 is 19.1 Å². The number of aryl methyl sites for hydroxylation is 1. The largest absolute Gasteiger partial charge is 0.347 e. The van der Waals surface area contributed by atoms with Crippen LogP contribution in [-0.2, 0) is 19.1 Å². The first-order valence-corrected chi connectivity index (χ1v) is 9.02. The lowest BCUT2D eigenvalue weighted by atomic mass is 10.0. The highest BCUT2D eigenvalue weighted by atomic mass is 35.5. The van der Waals surface area contributed by atoms with E-state index in [0.717, 1.165) is 18.4 Å². The molecule has 1 unspecified atom stereocenters. The molecular formula is C18H21ClN2O4. The highest BCUT2D eigenvalue weighted by molar-refractivity contribution is 6.32. The van der Waals surface area contributed by atoms with Gasteiger partial charge in [0, 0.05) is 31.0 Å². The predicted octanol–water partition coefficient (Wildman–Crippen LogP) is 2.12. The van der Waals surface area contributed by atoms with Gasteiger partial charge in [-0.3, -0.25) is 14.5 Å². The first-order valence-electron chi connectivity index (χ1n) is 8.64. The Labute approximate surface area is 151 Å². The summed E-state index contributed by atoms with van der Waals surface area (Å²) in [6, 6.07) is 4.86. The standard InChI is InChI=1S/C18H21ClN2O4/c1-12-2-3-13(10-14(12)19)21-16(22)11-15(17(21)23)20-6-4-18(5-7-20)24-8-9-25-18/h2-3,10,15H,4-9,11H2,1H3. The maximum absolute atomic E-state index is 12.9. The van der Waals surface area contributed by atoms with Crippen molar-refractivity contribution in [3.8, 4) is 0 Å².